The number of aromatic amines is 1. The zero-order valence-corrected chi connectivity index (χ0v) is 22.6. The quantitative estimate of drug-likeness (QED) is 0.224. The smallest absolute Gasteiger partial charge is 0.330 e. The summed E-state index contributed by atoms with van der Waals surface area (Å²) in [5, 5.41) is 13.8. The number of rotatable bonds is 10. The standard InChI is InChI=1S/C22H29ClN3O8PS/c1-13(2)32-19(29)14(3)25-35(36,34-15-8-6-5-7-9-15)31-12-16-18(28)22(4,23)20(33-16)26-11-10-17(27)24-21(26)30/h5-11,13-14,16,18,20,28H,12H2,1-4H3,(H,25,36)(H,24,27,30)/t14-,16-,18-,20-,22-,35-/m1/s1. The average Bonchev–Trinajstić information content (AvgIpc) is 3.01. The van der Waals surface area contributed by atoms with E-state index in [-0.39, 0.29) is 12.7 Å². The van der Waals surface area contributed by atoms with Crippen LogP contribution in [-0.4, -0.2) is 56.5 Å². The SMILES string of the molecule is CC(C)OC(=O)[C@@H](C)N[P@@](=S)(OC[C@H]1O[C@@H](n2ccc(=O)[nH]c2=O)[C@](C)(Cl)[C@@H]1O)Oc1ccccc1. The molecule has 6 atom stereocenters. The summed E-state index contributed by atoms with van der Waals surface area (Å²) >= 11 is 12.2. The van der Waals surface area contributed by atoms with E-state index in [4.69, 9.17) is 41.9 Å². The largest absolute Gasteiger partial charge is 0.462 e. The lowest BCUT2D eigenvalue weighted by Gasteiger charge is -2.28. The first kappa shape index (κ1) is 28.5. The highest BCUT2D eigenvalue weighted by atomic mass is 35.5. The maximum atomic E-state index is 12.4. The fraction of sp³-hybridized carbons (Fsp3) is 0.500. The highest BCUT2D eigenvalue weighted by Crippen LogP contribution is 2.48. The van der Waals surface area contributed by atoms with Crippen molar-refractivity contribution in [1.82, 2.24) is 14.6 Å². The molecule has 0 aliphatic carbocycles. The number of hydrogen-bond donors (Lipinski definition) is 3. The molecule has 1 aromatic heterocycles. The Balaban J connectivity index is 1.80. The second kappa shape index (κ2) is 11.6. The molecule has 1 fully saturated rings. The van der Waals surface area contributed by atoms with Crippen LogP contribution in [0.2, 0.25) is 0 Å². The molecule has 1 saturated heterocycles. The summed E-state index contributed by atoms with van der Waals surface area (Å²) in [7, 11) is 0. The summed E-state index contributed by atoms with van der Waals surface area (Å²) in [6, 6.07) is 8.94. The molecule has 2 heterocycles. The maximum absolute atomic E-state index is 12.4. The van der Waals surface area contributed by atoms with Crippen molar-refractivity contribution in [3.8, 4) is 5.75 Å². The molecule has 198 valence electrons. The van der Waals surface area contributed by atoms with Crippen LogP contribution in [0.25, 0.3) is 0 Å². The number of alkyl halides is 1. The molecule has 3 N–H and O–H groups in total. The highest BCUT2D eigenvalue weighted by Gasteiger charge is 2.53. The first-order chi connectivity index (χ1) is 16.8. The second-order valence-electron chi connectivity index (χ2n) is 8.67. The molecule has 1 aliphatic rings. The molecule has 0 amide bonds. The minimum atomic E-state index is -3.39. The van der Waals surface area contributed by atoms with Crippen molar-refractivity contribution in [2.45, 2.75) is 63.2 Å². The second-order valence-corrected chi connectivity index (χ2v) is 12.6. The Labute approximate surface area is 217 Å². The van der Waals surface area contributed by atoms with Gasteiger partial charge in [-0.1, -0.05) is 18.2 Å². The Morgan fingerprint density at radius 3 is 2.58 bits per heavy atom. The van der Waals surface area contributed by atoms with Gasteiger partial charge in [0, 0.05) is 12.3 Å². The van der Waals surface area contributed by atoms with Crippen LogP contribution in [-0.2, 0) is 30.6 Å². The Morgan fingerprint density at radius 2 is 1.97 bits per heavy atom. The molecule has 0 unspecified atom stereocenters. The van der Waals surface area contributed by atoms with Crippen molar-refractivity contribution in [1.29, 1.82) is 0 Å². The number of nitrogens with one attached hydrogen (secondary N) is 2. The number of aromatic nitrogens is 2. The molecule has 36 heavy (non-hydrogen) atoms. The fourth-order valence-electron chi connectivity index (χ4n) is 3.47. The van der Waals surface area contributed by atoms with E-state index in [0.717, 1.165) is 10.6 Å². The summed E-state index contributed by atoms with van der Waals surface area (Å²) in [4.78, 5) is 36.8. The monoisotopic (exact) mass is 561 g/mol. The van der Waals surface area contributed by atoms with Gasteiger partial charge in [-0.2, -0.15) is 0 Å². The van der Waals surface area contributed by atoms with Gasteiger partial charge >= 0.3 is 18.3 Å². The molecular formula is C22H29ClN3O8PS. The van der Waals surface area contributed by atoms with Crippen molar-refractivity contribution in [2.75, 3.05) is 6.61 Å². The number of nitrogens with zero attached hydrogens (tertiary/aromatic N) is 1. The number of carbonyl (C=O) groups is 1. The van der Waals surface area contributed by atoms with Gasteiger partial charge in [-0.15, -0.1) is 11.6 Å². The molecule has 11 nitrogen and oxygen atoms in total. The molecule has 3 rings (SSSR count). The third kappa shape index (κ3) is 6.83. The molecule has 2 aromatic rings. The van der Waals surface area contributed by atoms with Crippen molar-refractivity contribution in [3.63, 3.8) is 0 Å². The molecule has 0 bridgehead atoms. The van der Waals surface area contributed by atoms with E-state index in [1.54, 1.807) is 51.1 Å². The lowest BCUT2D eigenvalue weighted by atomic mass is 10.0. The Morgan fingerprint density at radius 1 is 1.31 bits per heavy atom. The molecule has 0 radical (unpaired) electrons. The van der Waals surface area contributed by atoms with Gasteiger partial charge in [0.25, 0.3) is 5.56 Å². The highest BCUT2D eigenvalue weighted by molar-refractivity contribution is 8.09. The van der Waals surface area contributed by atoms with Crippen LogP contribution in [0.3, 0.4) is 0 Å². The van der Waals surface area contributed by atoms with Crippen LogP contribution >= 0.6 is 18.2 Å². The zero-order valence-electron chi connectivity index (χ0n) is 20.1. The van der Waals surface area contributed by atoms with Crippen LogP contribution in [0, 0.1) is 0 Å². The van der Waals surface area contributed by atoms with Crippen LogP contribution in [0.4, 0.5) is 0 Å². The van der Waals surface area contributed by atoms with Gasteiger partial charge in [-0.3, -0.25) is 19.1 Å². The van der Waals surface area contributed by atoms with Crippen molar-refractivity contribution in [3.05, 3.63) is 63.4 Å². The number of para-hydroxylation sites is 1. The number of benzene rings is 1. The van der Waals surface area contributed by atoms with Crippen molar-refractivity contribution in [2.24, 2.45) is 0 Å². The Kier molecular flexibility index (Phi) is 9.16. The van der Waals surface area contributed by atoms with E-state index >= 15 is 0 Å². The van der Waals surface area contributed by atoms with Gasteiger partial charge in [-0.25, -0.2) is 9.88 Å². The van der Waals surface area contributed by atoms with E-state index in [2.05, 4.69) is 10.1 Å². The summed E-state index contributed by atoms with van der Waals surface area (Å²) in [5.41, 5.74) is -1.33. The van der Waals surface area contributed by atoms with Gasteiger partial charge in [0.1, 0.15) is 28.9 Å². The zero-order chi connectivity index (χ0) is 26.7. The number of carbonyl (C=O) groups excluding carboxylic acids is 1. The van der Waals surface area contributed by atoms with Gasteiger partial charge < -0.3 is 23.6 Å². The normalized spacial score (nSPS) is 26.4. The average molecular weight is 562 g/mol. The van der Waals surface area contributed by atoms with Crippen LogP contribution in [0.1, 0.15) is 33.9 Å². The minimum Gasteiger partial charge on any atom is -0.462 e. The fourth-order valence-corrected chi connectivity index (χ4v) is 6.18. The third-order valence-electron chi connectivity index (χ3n) is 5.26. The number of aliphatic hydroxyl groups is 1. The van der Waals surface area contributed by atoms with Gasteiger partial charge in [0.15, 0.2) is 6.23 Å². The first-order valence-electron chi connectivity index (χ1n) is 11.1. The van der Waals surface area contributed by atoms with Crippen LogP contribution in [0.5, 0.6) is 5.75 Å². The number of hydrogen-bond acceptors (Lipinski definition) is 9. The van der Waals surface area contributed by atoms with E-state index in [9.17, 15) is 19.5 Å². The number of esters is 1. The number of ether oxygens (including phenoxy) is 2. The van der Waals surface area contributed by atoms with Crippen LogP contribution in [0.15, 0.2) is 52.2 Å². The van der Waals surface area contributed by atoms with Crippen LogP contribution < -0.4 is 20.9 Å². The topological polar surface area (TPSA) is 141 Å². The Hall–Kier alpha value is -2.05. The van der Waals surface area contributed by atoms with Crippen molar-refractivity contribution < 1.29 is 28.4 Å². The number of halogens is 1. The molecular weight excluding hydrogens is 533 g/mol. The molecule has 0 spiro atoms. The molecule has 1 aromatic carbocycles. The maximum Gasteiger partial charge on any atom is 0.330 e. The molecule has 14 heteroatoms. The summed E-state index contributed by atoms with van der Waals surface area (Å²) in [6.07, 6.45) is -2.51. The third-order valence-corrected chi connectivity index (χ3v) is 8.17. The molecule has 1 aliphatic heterocycles. The minimum absolute atomic E-state index is 0.277. The molecule has 0 saturated carbocycles. The summed E-state index contributed by atoms with van der Waals surface area (Å²) in [6.45, 7) is 2.85. The lowest BCUT2D eigenvalue weighted by Crippen LogP contribution is -2.43. The predicted octanol–water partition coefficient (Wildman–Crippen LogP) is 2.04. The van der Waals surface area contributed by atoms with E-state index in [0.29, 0.717) is 5.75 Å². The summed E-state index contributed by atoms with van der Waals surface area (Å²) < 4.78 is 24.1. The van der Waals surface area contributed by atoms with Crippen molar-refractivity contribution >= 4 is 36.0 Å². The first-order valence-corrected chi connectivity index (χ1v) is 14.2. The van der Waals surface area contributed by atoms with Gasteiger partial charge in [0.2, 0.25) is 0 Å². The van der Waals surface area contributed by atoms with Gasteiger partial charge in [-0.05, 0) is 51.6 Å². The lowest BCUT2D eigenvalue weighted by molar-refractivity contribution is -0.149. The van der Waals surface area contributed by atoms with E-state index < -0.39 is 53.2 Å². The van der Waals surface area contributed by atoms with E-state index in [1.807, 2.05) is 0 Å². The van der Waals surface area contributed by atoms with Gasteiger partial charge in [0.05, 0.1) is 12.7 Å². The Bertz CT molecular complexity index is 1220. The number of aliphatic hydroxyl groups excluding tert-OH is 1. The van der Waals surface area contributed by atoms with E-state index in [1.165, 1.54) is 13.1 Å². The predicted molar refractivity (Wildman–Crippen MR) is 137 cm³/mol. The number of H-pyrrole nitrogens is 1. The summed E-state index contributed by atoms with van der Waals surface area (Å²) in [5.74, 6) is -0.132.